The van der Waals surface area contributed by atoms with Gasteiger partial charge in [-0.25, -0.2) is 23.1 Å². The van der Waals surface area contributed by atoms with Crippen LogP contribution in [-0.4, -0.2) is 28.9 Å². The van der Waals surface area contributed by atoms with Gasteiger partial charge in [0.2, 0.25) is 0 Å². The quantitative estimate of drug-likeness (QED) is 0.409. The Balaban J connectivity index is 1.60. The van der Waals surface area contributed by atoms with Crippen LogP contribution >= 0.6 is 23.2 Å². The number of imidazole rings is 1. The fraction of sp³-hybridized carbons (Fsp3) is 0.0870. The number of benzene rings is 2. The Bertz CT molecular complexity index is 1480. The second kappa shape index (κ2) is 9.35. The molecule has 0 saturated carbocycles. The maximum atomic E-state index is 12.6. The first-order valence-corrected chi connectivity index (χ1v) is 12.1. The fourth-order valence-electron chi connectivity index (χ4n) is 3.20. The highest BCUT2D eigenvalue weighted by molar-refractivity contribution is 7.93. The number of carbonyl (C=O) groups is 1. The van der Waals surface area contributed by atoms with Gasteiger partial charge in [-0.3, -0.25) is 4.79 Å². The molecule has 0 radical (unpaired) electrons. The maximum Gasteiger partial charge on any atom is 0.283 e. The van der Waals surface area contributed by atoms with Crippen molar-refractivity contribution >= 4 is 56.4 Å². The molecular formula is C23H18Cl2N4O3S. The second-order valence-corrected chi connectivity index (χ2v) is 9.62. The van der Waals surface area contributed by atoms with Gasteiger partial charge >= 0.3 is 0 Å². The molecule has 33 heavy (non-hydrogen) atoms. The molecule has 10 heteroatoms. The number of hydrogen-bond acceptors (Lipinski definition) is 5. The van der Waals surface area contributed by atoms with E-state index in [0.29, 0.717) is 39.1 Å². The number of sulfonamides is 1. The van der Waals surface area contributed by atoms with E-state index in [-0.39, 0.29) is 5.69 Å². The zero-order valence-electron chi connectivity index (χ0n) is 17.4. The summed E-state index contributed by atoms with van der Waals surface area (Å²) in [5.41, 5.74) is 2.44. The molecule has 0 aliphatic rings. The highest BCUT2D eigenvalue weighted by atomic mass is 35.5. The van der Waals surface area contributed by atoms with Crippen LogP contribution in [0.5, 0.6) is 0 Å². The first-order chi connectivity index (χ1) is 15.7. The van der Waals surface area contributed by atoms with Crippen LogP contribution in [0.3, 0.4) is 0 Å². The lowest BCUT2D eigenvalue weighted by molar-refractivity contribution is 0.0977. The molecule has 0 fully saturated rings. The van der Waals surface area contributed by atoms with Crippen molar-refractivity contribution in [2.24, 2.45) is 0 Å². The highest BCUT2D eigenvalue weighted by Crippen LogP contribution is 2.24. The minimum absolute atomic E-state index is 0.0532. The molecule has 1 N–H and O–H groups in total. The zero-order valence-corrected chi connectivity index (χ0v) is 19.7. The van der Waals surface area contributed by atoms with Crippen molar-refractivity contribution in [3.8, 4) is 0 Å². The number of fused-ring (bicyclic) bond motifs is 1. The average molecular weight is 501 g/mol. The van der Waals surface area contributed by atoms with Crippen molar-refractivity contribution in [3.63, 3.8) is 0 Å². The third-order valence-corrected chi connectivity index (χ3v) is 6.38. The van der Waals surface area contributed by atoms with Gasteiger partial charge in [-0.2, -0.15) is 0 Å². The topological polar surface area (TPSA) is 93.9 Å². The molecule has 0 bridgehead atoms. The predicted octanol–water partition coefficient (Wildman–Crippen LogP) is 4.83. The summed E-state index contributed by atoms with van der Waals surface area (Å²) in [6, 6.07) is 17.1. The van der Waals surface area contributed by atoms with Crippen LogP contribution in [0.25, 0.3) is 17.2 Å². The molecule has 0 atom stereocenters. The van der Waals surface area contributed by atoms with Crippen molar-refractivity contribution in [2.75, 3.05) is 0 Å². The van der Waals surface area contributed by atoms with Gasteiger partial charge < -0.3 is 4.57 Å². The van der Waals surface area contributed by atoms with Gasteiger partial charge in [0.15, 0.2) is 5.65 Å². The van der Waals surface area contributed by atoms with E-state index in [1.54, 1.807) is 53.1 Å². The SMILES string of the molecule is Cc1nc2ccc(C(=O)NS(=O)(=O)/C=C/c3ccccc3)nc2n1Cc1ccc(Cl)cc1Cl. The molecular weight excluding hydrogens is 483 g/mol. The average Bonchev–Trinajstić information content (AvgIpc) is 3.09. The molecule has 2 aromatic carbocycles. The van der Waals surface area contributed by atoms with Crippen molar-refractivity contribution < 1.29 is 13.2 Å². The number of pyridine rings is 1. The van der Waals surface area contributed by atoms with Gasteiger partial charge in [0.05, 0.1) is 12.0 Å². The minimum atomic E-state index is -4.02. The van der Waals surface area contributed by atoms with Crippen molar-refractivity contribution in [2.45, 2.75) is 13.5 Å². The largest absolute Gasteiger partial charge is 0.308 e. The van der Waals surface area contributed by atoms with Crippen LogP contribution in [0, 0.1) is 6.92 Å². The standard InChI is InChI=1S/C23H18Cl2N4O3S/c1-15-26-20-9-10-21(23(30)28-33(31,32)12-11-16-5-3-2-4-6-16)27-22(20)29(15)14-17-7-8-18(24)13-19(17)25/h2-13H,14H2,1H3,(H,28,30)/b12-11+. The number of hydrogen-bond donors (Lipinski definition) is 1. The van der Waals surface area contributed by atoms with Crippen LogP contribution in [-0.2, 0) is 16.6 Å². The number of nitrogens with zero attached hydrogens (tertiary/aromatic N) is 3. The summed E-state index contributed by atoms with van der Waals surface area (Å²) < 4.78 is 28.5. The molecule has 0 spiro atoms. The van der Waals surface area contributed by atoms with Gasteiger partial charge in [0.25, 0.3) is 15.9 Å². The fourth-order valence-corrected chi connectivity index (χ4v) is 4.43. The van der Waals surface area contributed by atoms with Gasteiger partial charge in [0.1, 0.15) is 17.0 Å². The Morgan fingerprint density at radius 3 is 2.55 bits per heavy atom. The Labute approximate surface area is 200 Å². The molecule has 0 aliphatic heterocycles. The zero-order chi connectivity index (χ0) is 23.6. The molecule has 4 rings (SSSR count). The normalized spacial score (nSPS) is 11.8. The predicted molar refractivity (Wildman–Crippen MR) is 130 cm³/mol. The number of nitrogens with one attached hydrogen (secondary N) is 1. The molecule has 168 valence electrons. The smallest absolute Gasteiger partial charge is 0.283 e. The molecule has 0 saturated heterocycles. The summed E-state index contributed by atoms with van der Waals surface area (Å²) in [4.78, 5) is 21.5. The number of carbonyl (C=O) groups excluding carboxylic acids is 1. The lowest BCUT2D eigenvalue weighted by Crippen LogP contribution is -2.29. The van der Waals surface area contributed by atoms with E-state index in [1.807, 2.05) is 17.7 Å². The molecule has 7 nitrogen and oxygen atoms in total. The summed E-state index contributed by atoms with van der Waals surface area (Å²) in [7, 11) is -4.02. The van der Waals surface area contributed by atoms with Gasteiger partial charge in [-0.15, -0.1) is 0 Å². The molecule has 0 aliphatic carbocycles. The Hall–Kier alpha value is -3.20. The van der Waals surface area contributed by atoms with E-state index in [1.165, 1.54) is 12.1 Å². The Kier molecular flexibility index (Phi) is 6.51. The maximum absolute atomic E-state index is 12.6. The third-order valence-electron chi connectivity index (χ3n) is 4.83. The van der Waals surface area contributed by atoms with Crippen molar-refractivity contribution in [1.82, 2.24) is 19.3 Å². The van der Waals surface area contributed by atoms with Crippen LogP contribution < -0.4 is 4.72 Å². The lowest BCUT2D eigenvalue weighted by atomic mass is 10.2. The minimum Gasteiger partial charge on any atom is -0.308 e. The number of aryl methyl sites for hydroxylation is 1. The van der Waals surface area contributed by atoms with Crippen LogP contribution in [0.15, 0.2) is 66.1 Å². The van der Waals surface area contributed by atoms with Gasteiger partial charge in [0, 0.05) is 10.0 Å². The Morgan fingerprint density at radius 2 is 1.82 bits per heavy atom. The molecule has 2 aromatic heterocycles. The van der Waals surface area contributed by atoms with Gasteiger partial charge in [-0.05, 0) is 48.4 Å². The Morgan fingerprint density at radius 1 is 1.06 bits per heavy atom. The molecule has 4 aromatic rings. The summed E-state index contributed by atoms with van der Waals surface area (Å²) in [6.45, 7) is 2.17. The number of halogens is 2. The lowest BCUT2D eigenvalue weighted by Gasteiger charge is -2.09. The summed E-state index contributed by atoms with van der Waals surface area (Å²) >= 11 is 12.3. The third kappa shape index (κ3) is 5.42. The summed E-state index contributed by atoms with van der Waals surface area (Å²) in [5.74, 6) is -0.177. The van der Waals surface area contributed by atoms with E-state index in [2.05, 4.69) is 9.97 Å². The van der Waals surface area contributed by atoms with E-state index < -0.39 is 15.9 Å². The highest BCUT2D eigenvalue weighted by Gasteiger charge is 2.18. The van der Waals surface area contributed by atoms with Crippen LogP contribution in [0.1, 0.15) is 27.4 Å². The van der Waals surface area contributed by atoms with E-state index in [9.17, 15) is 13.2 Å². The molecule has 1 amide bonds. The number of amides is 1. The number of rotatable bonds is 6. The molecule has 0 unspecified atom stereocenters. The molecule has 2 heterocycles. The first-order valence-electron chi connectivity index (χ1n) is 9.80. The van der Waals surface area contributed by atoms with E-state index >= 15 is 0 Å². The number of aromatic nitrogens is 3. The summed E-state index contributed by atoms with van der Waals surface area (Å²) in [5, 5.41) is 1.96. The van der Waals surface area contributed by atoms with Crippen molar-refractivity contribution in [1.29, 1.82) is 0 Å². The summed E-state index contributed by atoms with van der Waals surface area (Å²) in [6.07, 6.45) is 1.40. The first kappa shape index (κ1) is 23.0. The van der Waals surface area contributed by atoms with E-state index in [4.69, 9.17) is 23.2 Å². The van der Waals surface area contributed by atoms with E-state index in [0.717, 1.165) is 11.0 Å². The van der Waals surface area contributed by atoms with Crippen molar-refractivity contribution in [3.05, 3.63) is 98.8 Å². The van der Waals surface area contributed by atoms with Gasteiger partial charge in [-0.1, -0.05) is 59.6 Å². The monoisotopic (exact) mass is 500 g/mol. The van der Waals surface area contributed by atoms with Crippen LogP contribution in [0.2, 0.25) is 10.0 Å². The second-order valence-electron chi connectivity index (χ2n) is 7.21. The van der Waals surface area contributed by atoms with Crippen LogP contribution in [0.4, 0.5) is 0 Å².